The molecule has 0 unspecified atom stereocenters. The van der Waals surface area contributed by atoms with E-state index in [2.05, 4.69) is 72.5 Å². The van der Waals surface area contributed by atoms with Gasteiger partial charge in [-0.25, -0.2) is 0 Å². The van der Waals surface area contributed by atoms with Crippen molar-refractivity contribution in [1.29, 1.82) is 0 Å². The summed E-state index contributed by atoms with van der Waals surface area (Å²) in [7, 11) is -0.218. The van der Waals surface area contributed by atoms with Gasteiger partial charge in [-0.2, -0.15) is 0 Å². The fraction of sp³-hybridized carbons (Fsp3) is 0.182. The van der Waals surface area contributed by atoms with Crippen LogP contribution in [0, 0.1) is 22.0 Å². The predicted octanol–water partition coefficient (Wildman–Crippen LogP) is 7.22. The van der Waals surface area contributed by atoms with Crippen LogP contribution in [0.2, 0.25) is 0 Å². The van der Waals surface area contributed by atoms with Gasteiger partial charge in [0.15, 0.2) is 20.3 Å². The summed E-state index contributed by atoms with van der Waals surface area (Å²) < 4.78 is 11.4. The lowest BCUT2D eigenvalue weighted by molar-refractivity contribution is -0.384. The first-order chi connectivity index (χ1) is 19.3. The van der Waals surface area contributed by atoms with Crippen LogP contribution in [-0.2, 0) is 20.4 Å². The molecule has 4 aromatic carbocycles. The van der Waals surface area contributed by atoms with Gasteiger partial charge >= 0.3 is 5.97 Å². The Kier molecular flexibility index (Phi) is 9.61. The molecule has 0 saturated carbocycles. The Morgan fingerprint density at radius 1 is 0.825 bits per heavy atom. The van der Waals surface area contributed by atoms with Crippen LogP contribution in [0.15, 0.2) is 124 Å². The van der Waals surface area contributed by atoms with Gasteiger partial charge in [-0.15, -0.1) is 0 Å². The average Bonchev–Trinajstić information content (AvgIpc) is 2.96. The van der Waals surface area contributed by atoms with Crippen molar-refractivity contribution in [3.8, 4) is 17.6 Å². The second-order valence-corrected chi connectivity index (χ2v) is 11.4. The minimum atomic E-state index is -0.996. The zero-order chi connectivity index (χ0) is 28.4. The number of carbonyl (C=O) groups is 1. The van der Waals surface area contributed by atoms with Gasteiger partial charge in [0.05, 0.1) is 22.4 Å². The van der Waals surface area contributed by atoms with Crippen LogP contribution >= 0.6 is 0 Å². The lowest BCUT2D eigenvalue weighted by atomic mass is 10.1. The molecule has 6 nitrogen and oxygen atoms in total. The molecule has 0 aromatic heterocycles. The van der Waals surface area contributed by atoms with Crippen molar-refractivity contribution < 1.29 is 19.2 Å². The Morgan fingerprint density at radius 3 is 1.93 bits per heavy atom. The van der Waals surface area contributed by atoms with Crippen LogP contribution in [0.1, 0.15) is 32.3 Å². The van der Waals surface area contributed by atoms with Crippen molar-refractivity contribution in [2.75, 3.05) is 6.61 Å². The maximum absolute atomic E-state index is 12.4. The van der Waals surface area contributed by atoms with Crippen molar-refractivity contribution in [1.82, 2.24) is 0 Å². The fourth-order valence-electron chi connectivity index (χ4n) is 3.85. The lowest BCUT2D eigenvalue weighted by Crippen LogP contribution is -2.26. The summed E-state index contributed by atoms with van der Waals surface area (Å²) in [4.78, 5) is 26.4. The monoisotopic (exact) mass is 552 g/mol. The zero-order valence-electron chi connectivity index (χ0n) is 22.4. The van der Waals surface area contributed by atoms with Crippen LogP contribution in [0.4, 0.5) is 5.69 Å². The highest BCUT2D eigenvalue weighted by Crippen LogP contribution is 2.32. The van der Waals surface area contributed by atoms with Crippen LogP contribution in [0.3, 0.4) is 0 Å². The van der Waals surface area contributed by atoms with E-state index in [1.54, 1.807) is 26.0 Å². The molecule has 0 heterocycles. The third-order valence-electron chi connectivity index (χ3n) is 5.77. The summed E-state index contributed by atoms with van der Waals surface area (Å²) in [5.41, 5.74) is -0.392. The number of carbonyl (C=O) groups excluding carboxylic acids is 1. The summed E-state index contributed by atoms with van der Waals surface area (Å²) in [5, 5.41) is 10.8. The van der Waals surface area contributed by atoms with Crippen LogP contribution in [0.5, 0.6) is 5.75 Å². The molecule has 0 spiro atoms. The molecule has 4 aromatic rings. The summed E-state index contributed by atoms with van der Waals surface area (Å²) in [5.74, 6) is 6.20. The third kappa shape index (κ3) is 8.23. The third-order valence-corrected chi connectivity index (χ3v) is 8.00. The fourth-order valence-corrected chi connectivity index (χ4v) is 5.93. The van der Waals surface area contributed by atoms with Crippen LogP contribution in [0.25, 0.3) is 0 Å². The molecule has 4 rings (SSSR count). The number of ether oxygens (including phenoxy) is 2. The topological polar surface area (TPSA) is 78.7 Å². The average molecular weight is 553 g/mol. The van der Waals surface area contributed by atoms with Gasteiger partial charge in [0.25, 0.3) is 5.69 Å². The molecule has 0 bridgehead atoms. The maximum Gasteiger partial charge on any atom is 0.307 e. The summed E-state index contributed by atoms with van der Waals surface area (Å²) in [6.45, 7) is 3.80. The first-order valence-electron chi connectivity index (χ1n) is 12.9. The normalized spacial score (nSPS) is 10.9. The number of hydrogen-bond acceptors (Lipinski definition) is 5. The molecule has 0 fully saturated rings. The predicted molar refractivity (Wildman–Crippen MR) is 156 cm³/mol. The Labute approximate surface area is 237 Å². The first kappa shape index (κ1) is 28.5. The second-order valence-electron chi connectivity index (χ2n) is 9.39. The van der Waals surface area contributed by atoms with Gasteiger partial charge in [-0.1, -0.05) is 48.2 Å². The Morgan fingerprint density at radius 2 is 1.38 bits per heavy atom. The Hall–Kier alpha value is -4.54. The highest BCUT2D eigenvalue weighted by Gasteiger charge is 2.28. The van der Waals surface area contributed by atoms with Gasteiger partial charge in [0, 0.05) is 24.1 Å². The SMILES string of the molecule is CC(C)(C#Cc1ccc([N+](=O)[O-])cc1)OC(=O)CCCOc1ccc([S+](c2ccccc2)c2ccccc2)cc1. The first-order valence-corrected chi connectivity index (χ1v) is 14.1. The van der Waals surface area contributed by atoms with Gasteiger partial charge in [0.1, 0.15) is 5.75 Å². The highest BCUT2D eigenvalue weighted by molar-refractivity contribution is 7.97. The summed E-state index contributed by atoms with van der Waals surface area (Å²) >= 11 is 0. The molecule has 0 saturated heterocycles. The molecule has 0 atom stereocenters. The smallest absolute Gasteiger partial charge is 0.307 e. The minimum Gasteiger partial charge on any atom is -0.494 e. The van der Waals surface area contributed by atoms with Crippen molar-refractivity contribution in [3.63, 3.8) is 0 Å². The Balaban J connectivity index is 1.27. The molecule has 0 aliphatic heterocycles. The number of benzene rings is 4. The number of nitro benzene ring substituents is 1. The number of esters is 1. The van der Waals surface area contributed by atoms with Crippen molar-refractivity contribution in [3.05, 3.63) is 125 Å². The van der Waals surface area contributed by atoms with Gasteiger partial charge < -0.3 is 9.47 Å². The molecule has 202 valence electrons. The standard InChI is InChI=1S/C33H30NO5S/c1-33(2,24-23-26-15-17-27(18-16-26)34(36)37)39-32(35)14-9-25-38-28-19-21-31(22-20-28)40(29-10-5-3-6-11-29)30-12-7-4-8-13-30/h3-8,10-13,15-22H,9,14,25H2,1-2H3/q+1. The highest BCUT2D eigenvalue weighted by atomic mass is 32.2. The zero-order valence-corrected chi connectivity index (χ0v) is 23.2. The summed E-state index contributed by atoms with van der Waals surface area (Å²) in [6, 6.07) is 35.0. The maximum atomic E-state index is 12.4. The molecular formula is C33H30NO5S+. The molecule has 0 N–H and O–H groups in total. The summed E-state index contributed by atoms with van der Waals surface area (Å²) in [6.07, 6.45) is 0.705. The minimum absolute atomic E-state index is 0.00154. The number of nitrogens with zero attached hydrogens (tertiary/aromatic N) is 1. The largest absolute Gasteiger partial charge is 0.494 e. The van der Waals surface area contributed by atoms with Crippen molar-refractivity contribution in [2.24, 2.45) is 0 Å². The van der Waals surface area contributed by atoms with E-state index in [0.29, 0.717) is 18.6 Å². The van der Waals surface area contributed by atoms with E-state index < -0.39 is 10.5 Å². The van der Waals surface area contributed by atoms with E-state index in [-0.39, 0.29) is 29.0 Å². The van der Waals surface area contributed by atoms with E-state index in [1.807, 2.05) is 24.3 Å². The van der Waals surface area contributed by atoms with E-state index >= 15 is 0 Å². The quantitative estimate of drug-likeness (QED) is 0.0518. The molecular weight excluding hydrogens is 522 g/mol. The molecule has 7 heteroatoms. The molecule has 0 aliphatic carbocycles. The number of rotatable bonds is 10. The van der Waals surface area contributed by atoms with E-state index in [4.69, 9.17) is 9.47 Å². The van der Waals surface area contributed by atoms with Gasteiger partial charge in [0.2, 0.25) is 0 Å². The number of nitro groups is 1. The Bertz CT molecular complexity index is 1440. The van der Waals surface area contributed by atoms with Crippen molar-refractivity contribution >= 4 is 22.6 Å². The number of non-ortho nitro benzene ring substituents is 1. The van der Waals surface area contributed by atoms with Gasteiger partial charge in [-0.05, 0) is 80.9 Å². The van der Waals surface area contributed by atoms with E-state index in [0.717, 1.165) is 5.75 Å². The number of hydrogen-bond donors (Lipinski definition) is 0. The molecule has 0 aliphatic rings. The lowest BCUT2D eigenvalue weighted by Gasteiger charge is -2.18. The van der Waals surface area contributed by atoms with Crippen LogP contribution < -0.4 is 4.74 Å². The molecule has 0 amide bonds. The second kappa shape index (κ2) is 13.5. The molecule has 40 heavy (non-hydrogen) atoms. The van der Waals surface area contributed by atoms with E-state index in [9.17, 15) is 14.9 Å². The molecule has 0 radical (unpaired) electrons. The van der Waals surface area contributed by atoms with Crippen molar-refractivity contribution in [2.45, 2.75) is 47.0 Å². The van der Waals surface area contributed by atoms with Crippen LogP contribution in [-0.4, -0.2) is 23.1 Å². The van der Waals surface area contributed by atoms with Gasteiger partial charge in [-0.3, -0.25) is 14.9 Å². The van der Waals surface area contributed by atoms with E-state index in [1.165, 1.54) is 26.8 Å².